The number of rotatable bonds is 6. The zero-order valence-corrected chi connectivity index (χ0v) is 11.1. The maximum Gasteiger partial charge on any atom is 0.163 e. The standard InChI is InChI=1S/C14H21NO2/c1-11(2)15(4)9-10-17-14-8-6-5-7-13(14)12(3)16/h5-8,11H,9-10H2,1-4H3. The van der Waals surface area contributed by atoms with Gasteiger partial charge in [-0.15, -0.1) is 0 Å². The number of para-hydroxylation sites is 1. The van der Waals surface area contributed by atoms with E-state index >= 15 is 0 Å². The van der Waals surface area contributed by atoms with Gasteiger partial charge in [0.2, 0.25) is 0 Å². The molecule has 1 aromatic carbocycles. The summed E-state index contributed by atoms with van der Waals surface area (Å²) in [6.07, 6.45) is 0. The van der Waals surface area contributed by atoms with E-state index in [4.69, 9.17) is 4.74 Å². The van der Waals surface area contributed by atoms with Crippen LogP contribution in [0.25, 0.3) is 0 Å². The summed E-state index contributed by atoms with van der Waals surface area (Å²) < 4.78 is 5.66. The number of hydrogen-bond donors (Lipinski definition) is 0. The normalized spacial score (nSPS) is 10.9. The van der Waals surface area contributed by atoms with Crippen molar-refractivity contribution in [2.24, 2.45) is 0 Å². The van der Waals surface area contributed by atoms with Crippen LogP contribution in [0.3, 0.4) is 0 Å². The molecule has 0 saturated heterocycles. The van der Waals surface area contributed by atoms with Crippen molar-refractivity contribution in [3.8, 4) is 5.75 Å². The molecule has 0 spiro atoms. The molecule has 0 bridgehead atoms. The molecule has 0 N–H and O–H groups in total. The molecule has 0 amide bonds. The predicted octanol–water partition coefficient (Wildman–Crippen LogP) is 2.61. The lowest BCUT2D eigenvalue weighted by Crippen LogP contribution is -2.30. The summed E-state index contributed by atoms with van der Waals surface area (Å²) in [6, 6.07) is 7.87. The summed E-state index contributed by atoms with van der Waals surface area (Å²) >= 11 is 0. The Hall–Kier alpha value is -1.35. The highest BCUT2D eigenvalue weighted by molar-refractivity contribution is 5.96. The molecule has 0 saturated carbocycles. The summed E-state index contributed by atoms with van der Waals surface area (Å²) in [6.45, 7) is 7.29. The van der Waals surface area contributed by atoms with Gasteiger partial charge in [0.05, 0.1) is 5.56 Å². The Balaban J connectivity index is 2.55. The zero-order valence-electron chi connectivity index (χ0n) is 11.1. The van der Waals surface area contributed by atoms with E-state index in [1.165, 1.54) is 0 Å². The Bertz CT molecular complexity index is 374. The molecule has 3 nitrogen and oxygen atoms in total. The summed E-state index contributed by atoms with van der Waals surface area (Å²) in [4.78, 5) is 13.6. The van der Waals surface area contributed by atoms with E-state index in [2.05, 4.69) is 25.8 Å². The van der Waals surface area contributed by atoms with E-state index in [1.807, 2.05) is 18.2 Å². The molecule has 0 atom stereocenters. The second-order valence-corrected chi connectivity index (χ2v) is 4.48. The maximum absolute atomic E-state index is 11.4. The smallest absolute Gasteiger partial charge is 0.163 e. The topological polar surface area (TPSA) is 29.5 Å². The number of ketones is 1. The molecule has 17 heavy (non-hydrogen) atoms. The van der Waals surface area contributed by atoms with Gasteiger partial charge in [-0.1, -0.05) is 12.1 Å². The van der Waals surface area contributed by atoms with Crippen molar-refractivity contribution in [3.05, 3.63) is 29.8 Å². The molecule has 0 fully saturated rings. The van der Waals surface area contributed by atoms with Crippen LogP contribution in [-0.4, -0.2) is 36.9 Å². The van der Waals surface area contributed by atoms with Gasteiger partial charge < -0.3 is 9.64 Å². The summed E-state index contributed by atoms with van der Waals surface area (Å²) in [5.74, 6) is 0.718. The van der Waals surface area contributed by atoms with Crippen molar-refractivity contribution in [3.63, 3.8) is 0 Å². The van der Waals surface area contributed by atoms with Gasteiger partial charge in [0, 0.05) is 12.6 Å². The first-order valence-electron chi connectivity index (χ1n) is 5.95. The Labute approximate surface area is 103 Å². The van der Waals surface area contributed by atoms with E-state index in [9.17, 15) is 4.79 Å². The van der Waals surface area contributed by atoms with Crippen molar-refractivity contribution in [1.29, 1.82) is 0 Å². The minimum Gasteiger partial charge on any atom is -0.491 e. The Morgan fingerprint density at radius 1 is 1.35 bits per heavy atom. The summed E-state index contributed by atoms with van der Waals surface area (Å²) in [7, 11) is 2.06. The number of hydrogen-bond acceptors (Lipinski definition) is 3. The van der Waals surface area contributed by atoms with E-state index in [0.717, 1.165) is 6.54 Å². The number of carbonyl (C=O) groups is 1. The molecule has 1 aromatic rings. The average Bonchev–Trinajstić information content (AvgIpc) is 2.29. The van der Waals surface area contributed by atoms with E-state index < -0.39 is 0 Å². The van der Waals surface area contributed by atoms with Crippen LogP contribution >= 0.6 is 0 Å². The minimum atomic E-state index is 0.0396. The molecule has 0 aliphatic heterocycles. The van der Waals surface area contributed by atoms with Crippen molar-refractivity contribution >= 4 is 5.78 Å². The maximum atomic E-state index is 11.4. The van der Waals surface area contributed by atoms with Crippen LogP contribution < -0.4 is 4.74 Å². The van der Waals surface area contributed by atoms with Gasteiger partial charge in [-0.05, 0) is 40.0 Å². The van der Waals surface area contributed by atoms with Gasteiger partial charge in [0.25, 0.3) is 0 Å². The summed E-state index contributed by atoms with van der Waals surface area (Å²) in [5, 5.41) is 0. The average molecular weight is 235 g/mol. The molecule has 0 aliphatic rings. The van der Waals surface area contributed by atoms with Crippen LogP contribution in [0.5, 0.6) is 5.75 Å². The number of carbonyl (C=O) groups excluding carboxylic acids is 1. The fourth-order valence-corrected chi connectivity index (χ4v) is 1.44. The number of Topliss-reactive ketones (excluding diaryl/α,β-unsaturated/α-hetero) is 1. The van der Waals surface area contributed by atoms with Gasteiger partial charge in [-0.25, -0.2) is 0 Å². The number of likely N-dealkylation sites (N-methyl/N-ethyl adjacent to an activating group) is 1. The molecule has 1 rings (SSSR count). The first kappa shape index (κ1) is 13.7. The van der Waals surface area contributed by atoms with Gasteiger partial charge in [0.1, 0.15) is 12.4 Å². The second kappa shape index (κ2) is 6.40. The van der Waals surface area contributed by atoms with E-state index in [1.54, 1.807) is 13.0 Å². The zero-order chi connectivity index (χ0) is 12.8. The van der Waals surface area contributed by atoms with Crippen molar-refractivity contribution in [2.45, 2.75) is 26.8 Å². The fraction of sp³-hybridized carbons (Fsp3) is 0.500. The van der Waals surface area contributed by atoms with Gasteiger partial charge >= 0.3 is 0 Å². The largest absolute Gasteiger partial charge is 0.491 e. The van der Waals surface area contributed by atoms with Crippen LogP contribution in [0.2, 0.25) is 0 Å². The minimum absolute atomic E-state index is 0.0396. The highest BCUT2D eigenvalue weighted by Gasteiger charge is 2.08. The Morgan fingerprint density at radius 3 is 2.59 bits per heavy atom. The number of nitrogens with zero attached hydrogens (tertiary/aromatic N) is 1. The number of ether oxygens (including phenoxy) is 1. The lowest BCUT2D eigenvalue weighted by atomic mass is 10.1. The van der Waals surface area contributed by atoms with Crippen LogP contribution in [-0.2, 0) is 0 Å². The van der Waals surface area contributed by atoms with Crippen LogP contribution in [0.15, 0.2) is 24.3 Å². The fourth-order valence-electron chi connectivity index (χ4n) is 1.44. The molecular formula is C14H21NO2. The molecule has 0 heterocycles. The van der Waals surface area contributed by atoms with Crippen molar-refractivity contribution < 1.29 is 9.53 Å². The predicted molar refractivity (Wildman–Crippen MR) is 69.7 cm³/mol. The van der Waals surface area contributed by atoms with Crippen molar-refractivity contribution in [1.82, 2.24) is 4.90 Å². The van der Waals surface area contributed by atoms with Gasteiger partial charge in [-0.3, -0.25) is 4.79 Å². The van der Waals surface area contributed by atoms with Crippen molar-refractivity contribution in [2.75, 3.05) is 20.2 Å². The molecule has 0 unspecified atom stereocenters. The molecule has 0 aromatic heterocycles. The second-order valence-electron chi connectivity index (χ2n) is 4.48. The SMILES string of the molecule is CC(=O)c1ccccc1OCCN(C)C(C)C. The Morgan fingerprint density at radius 2 is 2.00 bits per heavy atom. The Kier molecular flexibility index (Phi) is 5.16. The quantitative estimate of drug-likeness (QED) is 0.710. The molecule has 94 valence electrons. The summed E-state index contributed by atoms with van der Waals surface area (Å²) in [5.41, 5.74) is 0.653. The first-order chi connectivity index (χ1) is 8.02. The third-order valence-corrected chi connectivity index (χ3v) is 2.85. The van der Waals surface area contributed by atoms with Crippen LogP contribution in [0.1, 0.15) is 31.1 Å². The molecule has 0 radical (unpaired) electrons. The molecule has 3 heteroatoms. The highest BCUT2D eigenvalue weighted by Crippen LogP contribution is 2.18. The van der Waals surface area contributed by atoms with Gasteiger partial charge in [0.15, 0.2) is 5.78 Å². The van der Waals surface area contributed by atoms with Crippen LogP contribution in [0.4, 0.5) is 0 Å². The molecule has 0 aliphatic carbocycles. The molecular weight excluding hydrogens is 214 g/mol. The highest BCUT2D eigenvalue weighted by atomic mass is 16.5. The third-order valence-electron chi connectivity index (χ3n) is 2.85. The monoisotopic (exact) mass is 235 g/mol. The first-order valence-corrected chi connectivity index (χ1v) is 5.95. The number of benzene rings is 1. The van der Waals surface area contributed by atoms with Gasteiger partial charge in [-0.2, -0.15) is 0 Å². The van der Waals surface area contributed by atoms with E-state index in [-0.39, 0.29) is 5.78 Å². The lowest BCUT2D eigenvalue weighted by molar-refractivity contribution is 0.101. The third kappa shape index (κ3) is 4.19. The van der Waals surface area contributed by atoms with E-state index in [0.29, 0.717) is 24.0 Å². The lowest BCUT2D eigenvalue weighted by Gasteiger charge is -2.21. The van der Waals surface area contributed by atoms with Crippen LogP contribution in [0, 0.1) is 0 Å².